The number of fused-ring (bicyclic) bond motifs is 1. The third kappa shape index (κ3) is 5.13. The monoisotopic (exact) mass is 418 g/mol. The number of nitrogens with zero attached hydrogens (tertiary/aromatic N) is 2. The van der Waals surface area contributed by atoms with Gasteiger partial charge >= 0.3 is 6.03 Å². The van der Waals surface area contributed by atoms with Crippen LogP contribution in [0.1, 0.15) is 56.1 Å². The van der Waals surface area contributed by atoms with Crippen molar-refractivity contribution in [3.63, 3.8) is 0 Å². The molecule has 0 spiro atoms. The lowest BCUT2D eigenvalue weighted by Gasteiger charge is -2.21. The van der Waals surface area contributed by atoms with E-state index in [1.54, 1.807) is 6.20 Å². The molecule has 0 bridgehead atoms. The van der Waals surface area contributed by atoms with Crippen LogP contribution in [0.2, 0.25) is 0 Å². The smallest absolute Gasteiger partial charge is 0.320 e. The fraction of sp³-hybridized carbons (Fsp3) is 0.400. The van der Waals surface area contributed by atoms with Crippen LogP contribution in [-0.4, -0.2) is 27.1 Å². The van der Waals surface area contributed by atoms with Crippen molar-refractivity contribution in [1.82, 2.24) is 15.3 Å². The van der Waals surface area contributed by atoms with Crippen LogP contribution in [-0.2, 0) is 0 Å². The molecule has 0 aliphatic heterocycles. The van der Waals surface area contributed by atoms with E-state index in [0.717, 1.165) is 40.6 Å². The number of carbonyl (C=O) groups excluding carboxylic acids is 1. The van der Waals surface area contributed by atoms with Crippen LogP contribution >= 0.6 is 0 Å². The molecule has 1 fully saturated rings. The van der Waals surface area contributed by atoms with E-state index >= 15 is 0 Å². The molecular weight excluding hydrogens is 388 g/mol. The molecule has 0 saturated heterocycles. The fourth-order valence-electron chi connectivity index (χ4n) is 4.31. The van der Waals surface area contributed by atoms with E-state index in [1.165, 1.54) is 32.1 Å². The van der Waals surface area contributed by atoms with E-state index in [-0.39, 0.29) is 12.1 Å². The average molecular weight is 419 g/mol. The highest BCUT2D eigenvalue weighted by atomic mass is 16.3. The van der Waals surface area contributed by atoms with Crippen molar-refractivity contribution in [2.45, 2.75) is 64.8 Å². The van der Waals surface area contributed by atoms with Gasteiger partial charge in [-0.1, -0.05) is 38.2 Å². The highest BCUT2D eigenvalue weighted by Gasteiger charge is 2.15. The summed E-state index contributed by atoms with van der Waals surface area (Å²) in [5.74, 6) is 0.761. The van der Waals surface area contributed by atoms with Crippen molar-refractivity contribution in [3.05, 3.63) is 47.7 Å². The number of amides is 2. The van der Waals surface area contributed by atoms with Crippen LogP contribution in [0.5, 0.6) is 5.75 Å². The van der Waals surface area contributed by atoms with Crippen molar-refractivity contribution < 1.29 is 9.90 Å². The normalized spacial score (nSPS) is 15.3. The Balaban J connectivity index is 1.51. The van der Waals surface area contributed by atoms with Gasteiger partial charge in [-0.25, -0.2) is 9.78 Å². The van der Waals surface area contributed by atoms with Crippen LogP contribution in [0.3, 0.4) is 0 Å². The SMILES string of the molecule is Cc1cc(-c2ccc3ncc(NC(=O)NC4CCCCCCC4)nc3c2)cc(C)c1O. The molecule has 3 aromatic rings. The summed E-state index contributed by atoms with van der Waals surface area (Å²) in [7, 11) is 0. The Hall–Kier alpha value is -3.15. The first-order valence-corrected chi connectivity index (χ1v) is 11.1. The number of nitrogens with one attached hydrogen (secondary N) is 2. The van der Waals surface area contributed by atoms with Crippen molar-refractivity contribution in [1.29, 1.82) is 0 Å². The van der Waals surface area contributed by atoms with Gasteiger partial charge in [0.15, 0.2) is 5.82 Å². The van der Waals surface area contributed by atoms with Crippen LogP contribution in [0, 0.1) is 13.8 Å². The quantitative estimate of drug-likeness (QED) is 0.498. The largest absolute Gasteiger partial charge is 0.507 e. The lowest BCUT2D eigenvalue weighted by atomic mass is 9.97. The molecule has 1 saturated carbocycles. The Kier molecular flexibility index (Phi) is 6.35. The maximum absolute atomic E-state index is 12.5. The highest BCUT2D eigenvalue weighted by molar-refractivity contribution is 5.90. The third-order valence-corrected chi connectivity index (χ3v) is 6.05. The van der Waals surface area contributed by atoms with Crippen molar-refractivity contribution in [2.75, 3.05) is 5.32 Å². The molecule has 0 atom stereocenters. The molecule has 0 radical (unpaired) electrons. The summed E-state index contributed by atoms with van der Waals surface area (Å²) in [6, 6.07) is 9.81. The van der Waals surface area contributed by atoms with Crippen LogP contribution < -0.4 is 10.6 Å². The number of phenolic OH excluding ortho intramolecular Hbond substituents is 1. The number of aromatic hydroxyl groups is 1. The second-order valence-electron chi connectivity index (χ2n) is 8.56. The predicted octanol–water partition coefficient (Wildman–Crippen LogP) is 5.85. The minimum atomic E-state index is -0.222. The Bertz CT molecular complexity index is 1070. The Labute approximate surface area is 183 Å². The molecular formula is C25H30N4O2. The molecule has 162 valence electrons. The highest BCUT2D eigenvalue weighted by Crippen LogP contribution is 2.30. The Morgan fingerprint density at radius 1 is 0.935 bits per heavy atom. The van der Waals surface area contributed by atoms with Gasteiger partial charge in [0.2, 0.25) is 0 Å². The number of aryl methyl sites for hydroxylation is 2. The second kappa shape index (κ2) is 9.33. The molecule has 31 heavy (non-hydrogen) atoms. The van der Waals surface area contributed by atoms with E-state index in [0.29, 0.717) is 17.1 Å². The molecule has 1 heterocycles. The number of urea groups is 1. The zero-order valence-electron chi connectivity index (χ0n) is 18.2. The molecule has 6 heteroatoms. The summed E-state index contributed by atoms with van der Waals surface area (Å²) in [6.45, 7) is 3.78. The minimum absolute atomic E-state index is 0.222. The van der Waals surface area contributed by atoms with Crippen molar-refractivity contribution in [2.24, 2.45) is 0 Å². The molecule has 1 aliphatic carbocycles. The molecule has 6 nitrogen and oxygen atoms in total. The van der Waals surface area contributed by atoms with E-state index in [9.17, 15) is 9.90 Å². The zero-order chi connectivity index (χ0) is 21.8. The van der Waals surface area contributed by atoms with Gasteiger partial charge in [0.05, 0.1) is 17.2 Å². The summed E-state index contributed by atoms with van der Waals surface area (Å²) in [5, 5.41) is 16.0. The maximum Gasteiger partial charge on any atom is 0.320 e. The topological polar surface area (TPSA) is 87.1 Å². The number of benzene rings is 2. The van der Waals surface area contributed by atoms with Gasteiger partial charge in [0.25, 0.3) is 0 Å². The Morgan fingerprint density at radius 2 is 1.61 bits per heavy atom. The summed E-state index contributed by atoms with van der Waals surface area (Å²) in [4.78, 5) is 21.6. The number of anilines is 1. The maximum atomic E-state index is 12.5. The summed E-state index contributed by atoms with van der Waals surface area (Å²) >= 11 is 0. The average Bonchev–Trinajstić information content (AvgIpc) is 2.73. The van der Waals surface area contributed by atoms with Gasteiger partial charge in [-0.05, 0) is 73.2 Å². The fourth-order valence-corrected chi connectivity index (χ4v) is 4.31. The molecule has 4 rings (SSSR count). The van der Waals surface area contributed by atoms with Gasteiger partial charge in [-0.3, -0.25) is 10.3 Å². The van der Waals surface area contributed by atoms with E-state index in [2.05, 4.69) is 20.6 Å². The molecule has 1 aromatic heterocycles. The Morgan fingerprint density at radius 3 is 2.32 bits per heavy atom. The zero-order valence-corrected chi connectivity index (χ0v) is 18.2. The predicted molar refractivity (Wildman–Crippen MR) is 124 cm³/mol. The summed E-state index contributed by atoms with van der Waals surface area (Å²) in [5.41, 5.74) is 5.15. The lowest BCUT2D eigenvalue weighted by Crippen LogP contribution is -2.38. The van der Waals surface area contributed by atoms with Crippen LogP contribution in [0.25, 0.3) is 22.2 Å². The van der Waals surface area contributed by atoms with Gasteiger partial charge in [0.1, 0.15) is 5.75 Å². The second-order valence-corrected chi connectivity index (χ2v) is 8.56. The van der Waals surface area contributed by atoms with Gasteiger partial charge in [-0.15, -0.1) is 0 Å². The summed E-state index contributed by atoms with van der Waals surface area (Å²) in [6.07, 6.45) is 9.79. The van der Waals surface area contributed by atoms with Crippen LogP contribution in [0.4, 0.5) is 10.6 Å². The third-order valence-electron chi connectivity index (χ3n) is 6.05. The number of rotatable bonds is 3. The van der Waals surface area contributed by atoms with E-state index in [4.69, 9.17) is 0 Å². The minimum Gasteiger partial charge on any atom is -0.507 e. The first-order valence-electron chi connectivity index (χ1n) is 11.1. The van der Waals surface area contributed by atoms with E-state index in [1.807, 2.05) is 44.2 Å². The number of phenols is 1. The summed E-state index contributed by atoms with van der Waals surface area (Å²) < 4.78 is 0. The molecule has 1 aliphatic rings. The standard InChI is InChI=1S/C25H30N4O2/c1-16-12-19(13-17(2)24(16)30)18-10-11-21-22(14-18)28-23(15-26-21)29-25(31)27-20-8-6-4-3-5-7-9-20/h10-15,20,30H,3-9H2,1-2H3,(H2,27,28,29,31). The number of aromatic nitrogens is 2. The van der Waals surface area contributed by atoms with Crippen LogP contribution in [0.15, 0.2) is 36.5 Å². The van der Waals surface area contributed by atoms with Crippen molar-refractivity contribution >= 4 is 22.9 Å². The number of hydrogen-bond donors (Lipinski definition) is 3. The molecule has 3 N–H and O–H groups in total. The first-order chi connectivity index (χ1) is 15.0. The van der Waals surface area contributed by atoms with Gasteiger partial charge in [0, 0.05) is 6.04 Å². The first kappa shape index (κ1) is 21.1. The molecule has 2 amide bonds. The van der Waals surface area contributed by atoms with E-state index < -0.39 is 0 Å². The van der Waals surface area contributed by atoms with Crippen molar-refractivity contribution in [3.8, 4) is 16.9 Å². The number of carbonyl (C=O) groups is 1. The van der Waals surface area contributed by atoms with Gasteiger partial charge in [-0.2, -0.15) is 0 Å². The van der Waals surface area contributed by atoms with Gasteiger partial charge < -0.3 is 10.4 Å². The number of hydrogen-bond acceptors (Lipinski definition) is 4. The molecule has 2 aromatic carbocycles. The lowest BCUT2D eigenvalue weighted by molar-refractivity contribution is 0.245. The molecule has 0 unspecified atom stereocenters.